The lowest BCUT2D eigenvalue weighted by Crippen LogP contribution is -2.38. The van der Waals surface area contributed by atoms with Gasteiger partial charge in [0.05, 0.1) is 0 Å². The van der Waals surface area contributed by atoms with Crippen molar-refractivity contribution in [2.75, 3.05) is 18.0 Å². The Morgan fingerprint density at radius 3 is 2.88 bits per heavy atom. The summed E-state index contributed by atoms with van der Waals surface area (Å²) < 4.78 is 0. The Hall–Kier alpha value is -1.02. The molecule has 1 unspecified atom stereocenters. The topological polar surface area (TPSA) is 15.3 Å². The number of anilines is 1. The maximum absolute atomic E-state index is 3.65. The molecule has 0 bridgehead atoms. The van der Waals surface area contributed by atoms with E-state index in [-0.39, 0.29) is 0 Å². The molecule has 2 heteroatoms. The van der Waals surface area contributed by atoms with E-state index in [2.05, 4.69) is 48.3 Å². The van der Waals surface area contributed by atoms with Crippen LogP contribution in [0.1, 0.15) is 38.7 Å². The summed E-state index contributed by atoms with van der Waals surface area (Å²) in [6.07, 6.45) is 3.75. The number of benzene rings is 1. The summed E-state index contributed by atoms with van der Waals surface area (Å²) in [6.45, 7) is 7.88. The van der Waals surface area contributed by atoms with Gasteiger partial charge in [-0.1, -0.05) is 38.5 Å². The fraction of sp³-hybridized carbons (Fsp3) is 0.600. The van der Waals surface area contributed by atoms with Crippen molar-refractivity contribution >= 4 is 5.69 Å². The molecule has 1 atom stereocenters. The zero-order valence-electron chi connectivity index (χ0n) is 11.1. The molecule has 2 rings (SSSR count). The van der Waals surface area contributed by atoms with Crippen molar-refractivity contribution in [1.29, 1.82) is 0 Å². The standard InChI is InChI=1S/C15H24N2/c1-3-5-10-17-12-14(4-2)16-11-13-8-6-7-9-15(13)17/h6-9,14,16H,3-5,10-12H2,1-2H3. The molecule has 0 spiro atoms. The fourth-order valence-electron chi connectivity index (χ4n) is 2.49. The quantitative estimate of drug-likeness (QED) is 0.857. The lowest BCUT2D eigenvalue weighted by molar-refractivity contribution is 0.500. The Labute approximate surface area is 105 Å². The molecule has 1 aromatic carbocycles. The van der Waals surface area contributed by atoms with Gasteiger partial charge in [-0.3, -0.25) is 0 Å². The summed E-state index contributed by atoms with van der Waals surface area (Å²) in [5.74, 6) is 0. The Balaban J connectivity index is 2.19. The zero-order valence-corrected chi connectivity index (χ0v) is 11.1. The van der Waals surface area contributed by atoms with Gasteiger partial charge in [0.1, 0.15) is 0 Å². The van der Waals surface area contributed by atoms with Crippen molar-refractivity contribution in [3.05, 3.63) is 29.8 Å². The molecule has 0 aromatic heterocycles. The average Bonchev–Trinajstić information content (AvgIpc) is 2.56. The smallest absolute Gasteiger partial charge is 0.0412 e. The maximum Gasteiger partial charge on any atom is 0.0412 e. The molecule has 1 aromatic rings. The number of hydrogen-bond donors (Lipinski definition) is 1. The molecule has 0 amide bonds. The van der Waals surface area contributed by atoms with E-state index < -0.39 is 0 Å². The second kappa shape index (κ2) is 6.06. The molecule has 1 N–H and O–H groups in total. The molecule has 0 fully saturated rings. The highest BCUT2D eigenvalue weighted by Gasteiger charge is 2.19. The van der Waals surface area contributed by atoms with E-state index in [1.165, 1.54) is 37.1 Å². The maximum atomic E-state index is 3.65. The van der Waals surface area contributed by atoms with Gasteiger partial charge in [-0.05, 0) is 24.5 Å². The Morgan fingerprint density at radius 2 is 2.12 bits per heavy atom. The first kappa shape index (κ1) is 12.4. The van der Waals surface area contributed by atoms with E-state index in [9.17, 15) is 0 Å². The normalized spacial score (nSPS) is 19.9. The summed E-state index contributed by atoms with van der Waals surface area (Å²) in [7, 11) is 0. The molecule has 1 heterocycles. The van der Waals surface area contributed by atoms with E-state index in [0.29, 0.717) is 6.04 Å². The van der Waals surface area contributed by atoms with Crippen LogP contribution in [-0.4, -0.2) is 19.1 Å². The highest BCUT2D eigenvalue weighted by atomic mass is 15.2. The number of para-hydroxylation sites is 1. The van der Waals surface area contributed by atoms with Crippen LogP contribution in [0.5, 0.6) is 0 Å². The Morgan fingerprint density at radius 1 is 1.29 bits per heavy atom. The summed E-state index contributed by atoms with van der Waals surface area (Å²) >= 11 is 0. The van der Waals surface area contributed by atoms with Gasteiger partial charge in [-0.25, -0.2) is 0 Å². The number of fused-ring (bicyclic) bond motifs is 1. The first-order valence-electron chi connectivity index (χ1n) is 6.91. The van der Waals surface area contributed by atoms with E-state index in [4.69, 9.17) is 0 Å². The van der Waals surface area contributed by atoms with Crippen LogP contribution in [0, 0.1) is 0 Å². The third-order valence-corrected chi connectivity index (χ3v) is 3.63. The number of rotatable bonds is 4. The molecule has 1 aliphatic rings. The third-order valence-electron chi connectivity index (χ3n) is 3.63. The van der Waals surface area contributed by atoms with Crippen molar-refractivity contribution in [3.63, 3.8) is 0 Å². The van der Waals surface area contributed by atoms with Gasteiger partial charge in [0.25, 0.3) is 0 Å². The second-order valence-corrected chi connectivity index (χ2v) is 4.91. The SMILES string of the molecule is CCCCN1CC(CC)NCc2ccccc21. The van der Waals surface area contributed by atoms with Crippen LogP contribution in [0.4, 0.5) is 5.69 Å². The molecule has 0 radical (unpaired) electrons. The van der Waals surface area contributed by atoms with Crippen LogP contribution < -0.4 is 10.2 Å². The molecule has 2 nitrogen and oxygen atoms in total. The van der Waals surface area contributed by atoms with Crippen molar-refractivity contribution in [3.8, 4) is 0 Å². The van der Waals surface area contributed by atoms with Gasteiger partial charge in [-0.2, -0.15) is 0 Å². The van der Waals surface area contributed by atoms with Gasteiger partial charge < -0.3 is 10.2 Å². The van der Waals surface area contributed by atoms with Crippen molar-refractivity contribution in [2.24, 2.45) is 0 Å². The number of nitrogens with one attached hydrogen (secondary N) is 1. The van der Waals surface area contributed by atoms with Gasteiger partial charge >= 0.3 is 0 Å². The highest BCUT2D eigenvalue weighted by molar-refractivity contribution is 5.54. The van der Waals surface area contributed by atoms with Crippen LogP contribution in [-0.2, 0) is 6.54 Å². The Bertz CT molecular complexity index is 349. The van der Waals surface area contributed by atoms with Gasteiger partial charge in [0, 0.05) is 31.4 Å². The number of nitrogens with zero attached hydrogens (tertiary/aromatic N) is 1. The third kappa shape index (κ3) is 3.01. The molecule has 0 aliphatic carbocycles. The van der Waals surface area contributed by atoms with E-state index in [1.54, 1.807) is 0 Å². The summed E-state index contributed by atoms with van der Waals surface area (Å²) in [6, 6.07) is 9.44. The van der Waals surface area contributed by atoms with Crippen LogP contribution in [0.3, 0.4) is 0 Å². The van der Waals surface area contributed by atoms with Crippen molar-refractivity contribution in [2.45, 2.75) is 45.7 Å². The average molecular weight is 232 g/mol. The molecule has 1 aliphatic heterocycles. The fourth-order valence-corrected chi connectivity index (χ4v) is 2.49. The molecular weight excluding hydrogens is 208 g/mol. The summed E-state index contributed by atoms with van der Waals surface area (Å²) in [5, 5.41) is 3.65. The van der Waals surface area contributed by atoms with Gasteiger partial charge in [-0.15, -0.1) is 0 Å². The minimum absolute atomic E-state index is 0.624. The monoisotopic (exact) mass is 232 g/mol. The van der Waals surface area contributed by atoms with E-state index >= 15 is 0 Å². The second-order valence-electron chi connectivity index (χ2n) is 4.91. The molecule has 17 heavy (non-hydrogen) atoms. The van der Waals surface area contributed by atoms with Crippen molar-refractivity contribution in [1.82, 2.24) is 5.32 Å². The minimum Gasteiger partial charge on any atom is -0.370 e. The molecular formula is C15H24N2. The number of unbranched alkanes of at least 4 members (excludes halogenated alkanes) is 1. The lowest BCUT2D eigenvalue weighted by atomic mass is 10.1. The minimum atomic E-state index is 0.624. The van der Waals surface area contributed by atoms with Gasteiger partial charge in [0.15, 0.2) is 0 Å². The lowest BCUT2D eigenvalue weighted by Gasteiger charge is -2.27. The predicted octanol–water partition coefficient (Wildman–Crippen LogP) is 3.17. The van der Waals surface area contributed by atoms with Crippen LogP contribution in [0.25, 0.3) is 0 Å². The van der Waals surface area contributed by atoms with Gasteiger partial charge in [0.2, 0.25) is 0 Å². The molecule has 0 saturated heterocycles. The van der Waals surface area contributed by atoms with E-state index in [1.807, 2.05) is 0 Å². The van der Waals surface area contributed by atoms with Crippen LogP contribution >= 0.6 is 0 Å². The Kier molecular flexibility index (Phi) is 4.43. The molecule has 0 saturated carbocycles. The van der Waals surface area contributed by atoms with Crippen LogP contribution in [0.2, 0.25) is 0 Å². The molecule has 94 valence electrons. The summed E-state index contributed by atoms with van der Waals surface area (Å²) in [4.78, 5) is 2.56. The highest BCUT2D eigenvalue weighted by Crippen LogP contribution is 2.24. The largest absolute Gasteiger partial charge is 0.370 e. The van der Waals surface area contributed by atoms with Crippen molar-refractivity contribution < 1.29 is 0 Å². The first-order valence-corrected chi connectivity index (χ1v) is 6.91. The predicted molar refractivity (Wildman–Crippen MR) is 74.5 cm³/mol. The summed E-state index contributed by atoms with van der Waals surface area (Å²) in [5.41, 5.74) is 2.88. The number of hydrogen-bond acceptors (Lipinski definition) is 2. The van der Waals surface area contributed by atoms with Crippen LogP contribution in [0.15, 0.2) is 24.3 Å². The van der Waals surface area contributed by atoms with E-state index in [0.717, 1.165) is 13.1 Å². The first-order chi connectivity index (χ1) is 8.35. The zero-order chi connectivity index (χ0) is 12.1.